The second-order valence-corrected chi connectivity index (χ2v) is 5.02. The fourth-order valence-electron chi connectivity index (χ4n) is 1.76. The van der Waals surface area contributed by atoms with Crippen LogP contribution in [0.3, 0.4) is 0 Å². The zero-order chi connectivity index (χ0) is 14.8. The second kappa shape index (κ2) is 5.34. The number of hydrogen-bond acceptors (Lipinski definition) is 6. The molecule has 104 valence electrons. The molecule has 0 aliphatic carbocycles. The van der Waals surface area contributed by atoms with Crippen LogP contribution < -0.4 is 5.73 Å². The van der Waals surface area contributed by atoms with Crippen molar-refractivity contribution in [2.24, 2.45) is 0 Å². The molecule has 3 rings (SSSR count). The molecule has 0 atom stereocenters. The number of thioether (sulfide) groups is 1. The number of rotatable bonds is 3. The Morgan fingerprint density at radius 1 is 1.33 bits per heavy atom. The summed E-state index contributed by atoms with van der Waals surface area (Å²) in [6, 6.07) is 4.06. The molecular formula is C12H8FN7S. The van der Waals surface area contributed by atoms with E-state index in [1.165, 1.54) is 30.0 Å². The van der Waals surface area contributed by atoms with E-state index in [-0.39, 0.29) is 11.8 Å². The molecule has 0 amide bonds. The smallest absolute Gasteiger partial charge is 0.223 e. The lowest BCUT2D eigenvalue weighted by molar-refractivity contribution is 0.627. The Hall–Kier alpha value is -2.73. The van der Waals surface area contributed by atoms with Gasteiger partial charge in [0.25, 0.3) is 0 Å². The number of nitrogens with two attached hydrogens (primary N) is 1. The molecule has 0 saturated heterocycles. The topological polar surface area (TPSA) is 97.7 Å². The number of nitrogen functional groups attached to an aromatic ring is 1. The summed E-state index contributed by atoms with van der Waals surface area (Å²) in [6.07, 6.45) is 0. The minimum absolute atomic E-state index is 0.0866. The number of anilines is 1. The lowest BCUT2D eigenvalue weighted by atomic mass is 10.2. The normalized spacial score (nSPS) is 10.7. The maximum atomic E-state index is 13.3. The first-order valence-corrected chi connectivity index (χ1v) is 6.78. The Kier molecular flexibility index (Phi) is 3.37. The Balaban J connectivity index is 1.92. The highest BCUT2D eigenvalue weighted by Crippen LogP contribution is 2.30. The predicted octanol–water partition coefficient (Wildman–Crippen LogP) is 2.31. The highest BCUT2D eigenvalue weighted by atomic mass is 32.2. The third-order valence-electron chi connectivity index (χ3n) is 2.70. The van der Waals surface area contributed by atoms with Gasteiger partial charge >= 0.3 is 0 Å². The first-order valence-electron chi connectivity index (χ1n) is 5.80. The number of halogens is 1. The minimum Gasteiger partial charge on any atom is -0.368 e. The van der Waals surface area contributed by atoms with Crippen molar-refractivity contribution in [3.63, 3.8) is 0 Å². The fourth-order valence-corrected chi connectivity index (χ4v) is 2.72. The van der Waals surface area contributed by atoms with Gasteiger partial charge in [0.2, 0.25) is 11.6 Å². The van der Waals surface area contributed by atoms with Gasteiger partial charge in [0.15, 0.2) is 11.2 Å². The van der Waals surface area contributed by atoms with Gasteiger partial charge in [-0.05, 0) is 17.7 Å². The highest BCUT2D eigenvalue weighted by Gasteiger charge is 2.12. The lowest BCUT2D eigenvalue weighted by Crippen LogP contribution is -1.97. The summed E-state index contributed by atoms with van der Waals surface area (Å²) in [5.41, 5.74) is 7.46. The maximum Gasteiger partial charge on any atom is 0.223 e. The molecule has 3 N–H and O–H groups in total. The van der Waals surface area contributed by atoms with Crippen molar-refractivity contribution in [2.75, 3.05) is 5.73 Å². The van der Waals surface area contributed by atoms with E-state index in [2.05, 4.69) is 30.2 Å². The van der Waals surface area contributed by atoms with Crippen LogP contribution in [0.1, 0.15) is 5.56 Å². The summed E-state index contributed by atoms with van der Waals surface area (Å²) in [5, 5.41) is 10.8. The average molecular weight is 301 g/mol. The van der Waals surface area contributed by atoms with Gasteiger partial charge in [-0.25, -0.2) is 14.2 Å². The van der Waals surface area contributed by atoms with Gasteiger partial charge in [-0.15, -0.1) is 16.9 Å². The minimum atomic E-state index is -0.383. The quantitative estimate of drug-likeness (QED) is 0.437. The van der Waals surface area contributed by atoms with Gasteiger partial charge in [0.1, 0.15) is 10.8 Å². The molecule has 0 aliphatic heterocycles. The molecule has 1 aromatic carbocycles. The fraction of sp³-hybridized carbons (Fsp3) is 0.0833. The van der Waals surface area contributed by atoms with Crippen LogP contribution in [0.15, 0.2) is 23.2 Å². The Morgan fingerprint density at radius 3 is 3.00 bits per heavy atom. The SMILES string of the molecule is [C-]#[N+]c1ccc(F)cc1CSc1nc(N)nc2n[nH]nc12. The van der Waals surface area contributed by atoms with Crippen molar-refractivity contribution in [3.8, 4) is 0 Å². The zero-order valence-electron chi connectivity index (χ0n) is 10.5. The van der Waals surface area contributed by atoms with Crippen LogP contribution in [0.5, 0.6) is 0 Å². The molecule has 0 unspecified atom stereocenters. The summed E-state index contributed by atoms with van der Waals surface area (Å²) >= 11 is 1.30. The molecular weight excluding hydrogens is 293 g/mol. The predicted molar refractivity (Wildman–Crippen MR) is 76.1 cm³/mol. The van der Waals surface area contributed by atoms with E-state index in [9.17, 15) is 4.39 Å². The Labute approximate surface area is 122 Å². The summed E-state index contributed by atoms with van der Waals surface area (Å²) in [6.45, 7) is 7.10. The van der Waals surface area contributed by atoms with E-state index in [4.69, 9.17) is 12.3 Å². The third kappa shape index (κ3) is 2.61. The molecule has 0 bridgehead atoms. The van der Waals surface area contributed by atoms with E-state index < -0.39 is 0 Å². The van der Waals surface area contributed by atoms with Crippen molar-refractivity contribution in [1.29, 1.82) is 0 Å². The van der Waals surface area contributed by atoms with Crippen LogP contribution in [0.4, 0.5) is 16.0 Å². The van der Waals surface area contributed by atoms with Crippen molar-refractivity contribution in [3.05, 3.63) is 41.0 Å². The van der Waals surface area contributed by atoms with E-state index in [1.807, 2.05) is 0 Å². The van der Waals surface area contributed by atoms with E-state index in [1.54, 1.807) is 0 Å². The van der Waals surface area contributed by atoms with Gasteiger partial charge in [-0.2, -0.15) is 15.3 Å². The Morgan fingerprint density at radius 2 is 2.19 bits per heavy atom. The molecule has 0 saturated carbocycles. The summed E-state index contributed by atoms with van der Waals surface area (Å²) < 4.78 is 13.3. The number of H-pyrrole nitrogens is 1. The molecule has 2 aromatic heterocycles. The van der Waals surface area contributed by atoms with Gasteiger partial charge in [0.05, 0.1) is 6.57 Å². The molecule has 21 heavy (non-hydrogen) atoms. The number of hydrogen-bond donors (Lipinski definition) is 2. The standard InChI is InChI=1S/C12H8FN7S/c1-15-8-3-2-7(13)4-6(8)5-21-11-9-10(19-20-18-9)16-12(14)17-11/h2-4H,5H2,(H3,14,16,17,18,19,20). The molecule has 0 spiro atoms. The van der Waals surface area contributed by atoms with E-state index in [0.717, 1.165) is 0 Å². The van der Waals surface area contributed by atoms with Gasteiger partial charge < -0.3 is 5.73 Å². The Bertz CT molecular complexity index is 854. The van der Waals surface area contributed by atoms with Crippen molar-refractivity contribution in [2.45, 2.75) is 10.8 Å². The summed E-state index contributed by atoms with van der Waals surface area (Å²) in [5.74, 6) is 0.0729. The first kappa shape index (κ1) is 13.3. The highest BCUT2D eigenvalue weighted by molar-refractivity contribution is 7.98. The van der Waals surface area contributed by atoms with Crippen molar-refractivity contribution < 1.29 is 4.39 Å². The van der Waals surface area contributed by atoms with Crippen molar-refractivity contribution in [1.82, 2.24) is 25.4 Å². The molecule has 0 radical (unpaired) electrons. The maximum absolute atomic E-state index is 13.3. The van der Waals surface area contributed by atoms with E-state index >= 15 is 0 Å². The van der Waals surface area contributed by atoms with Gasteiger partial charge in [-0.1, -0.05) is 6.07 Å². The largest absolute Gasteiger partial charge is 0.368 e. The third-order valence-corrected chi connectivity index (χ3v) is 3.71. The molecule has 2 heterocycles. The van der Waals surface area contributed by atoms with Crippen LogP contribution in [0.2, 0.25) is 0 Å². The average Bonchev–Trinajstić information content (AvgIpc) is 2.93. The number of fused-ring (bicyclic) bond motifs is 1. The van der Waals surface area contributed by atoms with Gasteiger partial charge in [0, 0.05) is 5.75 Å². The zero-order valence-corrected chi connectivity index (χ0v) is 11.4. The van der Waals surface area contributed by atoms with Crippen molar-refractivity contribution >= 4 is 34.6 Å². The second-order valence-electron chi connectivity index (χ2n) is 4.06. The van der Waals surface area contributed by atoms with Gasteiger partial charge in [-0.3, -0.25) is 0 Å². The van der Waals surface area contributed by atoms with Crippen LogP contribution in [0, 0.1) is 12.4 Å². The van der Waals surface area contributed by atoms with Crippen LogP contribution in [-0.4, -0.2) is 25.4 Å². The van der Waals surface area contributed by atoms with E-state index in [0.29, 0.717) is 33.2 Å². The monoisotopic (exact) mass is 301 g/mol. The molecule has 3 aromatic rings. The summed E-state index contributed by atoms with van der Waals surface area (Å²) in [4.78, 5) is 11.4. The lowest BCUT2D eigenvalue weighted by Gasteiger charge is -2.04. The number of benzene rings is 1. The number of nitrogens with one attached hydrogen (secondary N) is 1. The summed E-state index contributed by atoms with van der Waals surface area (Å²) in [7, 11) is 0. The molecule has 7 nitrogen and oxygen atoms in total. The molecule has 0 aliphatic rings. The number of nitrogens with zero attached hydrogens (tertiary/aromatic N) is 5. The molecule has 0 fully saturated rings. The number of aromatic nitrogens is 5. The number of aromatic amines is 1. The van der Waals surface area contributed by atoms with Crippen LogP contribution in [0.25, 0.3) is 16.0 Å². The van der Waals surface area contributed by atoms with Crippen LogP contribution in [-0.2, 0) is 5.75 Å². The first-order chi connectivity index (χ1) is 10.2. The van der Waals surface area contributed by atoms with Crippen LogP contribution >= 0.6 is 11.8 Å². The molecule has 9 heteroatoms.